The van der Waals surface area contributed by atoms with E-state index >= 15 is 0 Å². The topological polar surface area (TPSA) is 83.6 Å². The Hall–Kier alpha value is -1.89. The molecular formula is C14H19N5OS. The average molecular weight is 305 g/mol. The summed E-state index contributed by atoms with van der Waals surface area (Å²) in [6, 6.07) is 3.40. The van der Waals surface area contributed by atoms with E-state index in [1.807, 2.05) is 19.9 Å². The minimum Gasteiger partial charge on any atom is -0.370 e. The highest BCUT2D eigenvalue weighted by molar-refractivity contribution is 7.99. The van der Waals surface area contributed by atoms with Crippen molar-refractivity contribution in [3.8, 4) is 0 Å². The lowest BCUT2D eigenvalue weighted by Gasteiger charge is -2.07. The molecule has 0 saturated heterocycles. The molecule has 0 bridgehead atoms. The summed E-state index contributed by atoms with van der Waals surface area (Å²) in [5, 5.41) is 4.48. The van der Waals surface area contributed by atoms with E-state index in [-0.39, 0.29) is 5.56 Å². The third-order valence-electron chi connectivity index (χ3n) is 2.65. The van der Waals surface area contributed by atoms with E-state index in [2.05, 4.69) is 32.2 Å². The van der Waals surface area contributed by atoms with Crippen LogP contribution in [0, 0.1) is 6.92 Å². The van der Waals surface area contributed by atoms with Gasteiger partial charge in [-0.25, -0.2) is 15.0 Å². The van der Waals surface area contributed by atoms with Gasteiger partial charge in [-0.3, -0.25) is 4.79 Å². The normalized spacial score (nSPS) is 10.6. The van der Waals surface area contributed by atoms with Gasteiger partial charge < -0.3 is 10.3 Å². The molecule has 6 nitrogen and oxygen atoms in total. The molecular weight excluding hydrogens is 286 g/mol. The van der Waals surface area contributed by atoms with Crippen LogP contribution in [0.15, 0.2) is 27.1 Å². The van der Waals surface area contributed by atoms with Gasteiger partial charge in [0.1, 0.15) is 16.7 Å². The lowest BCUT2D eigenvalue weighted by atomic mass is 10.2. The second kappa shape index (κ2) is 7.21. The highest BCUT2D eigenvalue weighted by Gasteiger charge is 2.07. The van der Waals surface area contributed by atoms with Crippen molar-refractivity contribution in [2.75, 3.05) is 11.9 Å². The van der Waals surface area contributed by atoms with Crippen LogP contribution in [0.5, 0.6) is 0 Å². The molecule has 2 rings (SSSR count). The summed E-state index contributed by atoms with van der Waals surface area (Å²) in [4.78, 5) is 27.5. The van der Waals surface area contributed by atoms with E-state index in [4.69, 9.17) is 0 Å². The maximum absolute atomic E-state index is 11.7. The molecule has 0 amide bonds. The summed E-state index contributed by atoms with van der Waals surface area (Å²) in [7, 11) is 0. The number of anilines is 1. The summed E-state index contributed by atoms with van der Waals surface area (Å²) >= 11 is 1.34. The first kappa shape index (κ1) is 15.5. The van der Waals surface area contributed by atoms with Crippen LogP contribution in [0.2, 0.25) is 0 Å². The number of rotatable bonds is 6. The molecule has 0 atom stereocenters. The number of aromatic nitrogens is 4. The molecule has 2 N–H and O–H groups in total. The maximum Gasteiger partial charge on any atom is 0.251 e. The Morgan fingerprint density at radius 1 is 1.24 bits per heavy atom. The summed E-state index contributed by atoms with van der Waals surface area (Å²) in [5.74, 6) is 1.46. The fourth-order valence-electron chi connectivity index (χ4n) is 1.88. The molecule has 0 aliphatic carbocycles. The van der Waals surface area contributed by atoms with Gasteiger partial charge >= 0.3 is 0 Å². The van der Waals surface area contributed by atoms with Crippen LogP contribution in [0.4, 0.5) is 5.82 Å². The van der Waals surface area contributed by atoms with Gasteiger partial charge in [-0.05, 0) is 32.0 Å². The number of aryl methyl sites for hydroxylation is 2. The van der Waals surface area contributed by atoms with E-state index in [0.29, 0.717) is 11.0 Å². The van der Waals surface area contributed by atoms with Crippen molar-refractivity contribution in [1.82, 2.24) is 19.9 Å². The minimum absolute atomic E-state index is 0.131. The van der Waals surface area contributed by atoms with Gasteiger partial charge in [0.25, 0.3) is 5.56 Å². The van der Waals surface area contributed by atoms with Gasteiger partial charge in [-0.1, -0.05) is 13.3 Å². The molecule has 2 heterocycles. The van der Waals surface area contributed by atoms with Crippen LogP contribution in [-0.4, -0.2) is 26.5 Å². The van der Waals surface area contributed by atoms with Crippen molar-refractivity contribution in [1.29, 1.82) is 0 Å². The van der Waals surface area contributed by atoms with E-state index in [1.54, 1.807) is 6.07 Å². The Balaban J connectivity index is 2.27. The summed E-state index contributed by atoms with van der Waals surface area (Å²) in [5.41, 5.74) is 0.676. The lowest BCUT2D eigenvalue weighted by molar-refractivity contribution is 0.814. The number of nitrogens with zero attached hydrogens (tertiary/aromatic N) is 3. The van der Waals surface area contributed by atoms with E-state index in [1.165, 1.54) is 11.8 Å². The molecule has 0 aliphatic heterocycles. The monoisotopic (exact) mass is 305 g/mol. The Morgan fingerprint density at radius 2 is 2.05 bits per heavy atom. The van der Waals surface area contributed by atoms with Gasteiger partial charge in [-0.2, -0.15) is 0 Å². The summed E-state index contributed by atoms with van der Waals surface area (Å²) < 4.78 is 0. The number of hydrogen-bond acceptors (Lipinski definition) is 6. The molecule has 0 spiro atoms. The Bertz CT molecular complexity index is 671. The molecule has 112 valence electrons. The maximum atomic E-state index is 11.7. The molecule has 21 heavy (non-hydrogen) atoms. The smallest absolute Gasteiger partial charge is 0.251 e. The predicted octanol–water partition coefficient (Wildman–Crippen LogP) is 2.40. The first-order valence-corrected chi connectivity index (χ1v) is 7.80. The second-order valence-corrected chi connectivity index (χ2v) is 5.57. The van der Waals surface area contributed by atoms with Gasteiger partial charge in [0, 0.05) is 24.4 Å². The number of H-pyrrole nitrogens is 1. The van der Waals surface area contributed by atoms with Crippen LogP contribution >= 0.6 is 11.8 Å². The van der Waals surface area contributed by atoms with Crippen LogP contribution in [0.3, 0.4) is 0 Å². The third-order valence-corrected chi connectivity index (χ3v) is 3.46. The van der Waals surface area contributed by atoms with E-state index in [0.717, 1.165) is 35.9 Å². The van der Waals surface area contributed by atoms with E-state index in [9.17, 15) is 4.79 Å². The van der Waals surface area contributed by atoms with Gasteiger partial charge in [0.05, 0.1) is 0 Å². The quantitative estimate of drug-likeness (QED) is 0.630. The standard InChI is InChI=1S/C14H19N5OS/c1-4-6-10-7-12(20)19-14(18-10)21-13-8-11(15-5-2)16-9(3)17-13/h7-8H,4-6H2,1-3H3,(H,15,16,17)(H,18,19,20). The van der Waals surface area contributed by atoms with Gasteiger partial charge in [0.2, 0.25) is 0 Å². The molecule has 7 heteroatoms. The zero-order chi connectivity index (χ0) is 15.2. The van der Waals surface area contributed by atoms with E-state index < -0.39 is 0 Å². The van der Waals surface area contributed by atoms with Gasteiger partial charge in [-0.15, -0.1) is 0 Å². The molecule has 2 aromatic rings. The Kier molecular flexibility index (Phi) is 5.32. The Labute approximate surface area is 127 Å². The van der Waals surface area contributed by atoms with Crippen LogP contribution in [-0.2, 0) is 6.42 Å². The van der Waals surface area contributed by atoms with Crippen molar-refractivity contribution >= 4 is 17.6 Å². The highest BCUT2D eigenvalue weighted by Crippen LogP contribution is 2.24. The first-order chi connectivity index (χ1) is 10.1. The van der Waals surface area contributed by atoms with Crippen molar-refractivity contribution in [2.45, 2.75) is 43.8 Å². The largest absolute Gasteiger partial charge is 0.370 e. The van der Waals surface area contributed by atoms with Crippen LogP contribution in [0.1, 0.15) is 31.8 Å². The van der Waals surface area contributed by atoms with Crippen molar-refractivity contribution < 1.29 is 0 Å². The van der Waals surface area contributed by atoms with Crippen LogP contribution < -0.4 is 10.9 Å². The summed E-state index contributed by atoms with van der Waals surface area (Å²) in [6.45, 7) is 6.71. The molecule has 0 aromatic carbocycles. The van der Waals surface area contributed by atoms with Crippen molar-refractivity contribution in [2.24, 2.45) is 0 Å². The first-order valence-electron chi connectivity index (χ1n) is 6.98. The molecule has 2 aromatic heterocycles. The van der Waals surface area contributed by atoms with Crippen molar-refractivity contribution in [3.05, 3.63) is 34.0 Å². The fourth-order valence-corrected chi connectivity index (χ4v) is 2.74. The lowest BCUT2D eigenvalue weighted by Crippen LogP contribution is -2.10. The molecule has 0 radical (unpaired) electrons. The molecule has 0 fully saturated rings. The van der Waals surface area contributed by atoms with Gasteiger partial charge in [0.15, 0.2) is 5.16 Å². The molecule has 0 saturated carbocycles. The fraction of sp³-hybridized carbons (Fsp3) is 0.429. The second-order valence-electron chi connectivity index (χ2n) is 4.56. The average Bonchev–Trinajstić information content (AvgIpc) is 2.37. The van der Waals surface area contributed by atoms with Crippen LogP contribution in [0.25, 0.3) is 0 Å². The third kappa shape index (κ3) is 4.56. The highest BCUT2D eigenvalue weighted by atomic mass is 32.2. The molecule has 0 unspecified atom stereocenters. The predicted molar refractivity (Wildman–Crippen MR) is 83.9 cm³/mol. The molecule has 0 aliphatic rings. The SMILES string of the molecule is CCCc1cc(=O)[nH]c(Sc2cc(NCC)nc(C)n2)n1. The summed E-state index contributed by atoms with van der Waals surface area (Å²) in [6.07, 6.45) is 1.75. The number of nitrogens with one attached hydrogen (secondary N) is 2. The number of aromatic amines is 1. The zero-order valence-electron chi connectivity index (χ0n) is 12.4. The zero-order valence-corrected chi connectivity index (χ0v) is 13.3. The minimum atomic E-state index is -0.131. The van der Waals surface area contributed by atoms with Crippen molar-refractivity contribution in [3.63, 3.8) is 0 Å². The Morgan fingerprint density at radius 3 is 2.76 bits per heavy atom. The number of hydrogen-bond donors (Lipinski definition) is 2.